The SMILES string of the molecule is COc1ccc(SC(F)(F)C(F)(F)S(=O)(=O)F)cc1. The van der Waals surface area contributed by atoms with E-state index in [2.05, 4.69) is 0 Å². The Hall–Kier alpha value is -1.03. The van der Waals surface area contributed by atoms with Gasteiger partial charge < -0.3 is 4.74 Å². The van der Waals surface area contributed by atoms with Gasteiger partial charge in [0.05, 0.1) is 7.11 Å². The lowest BCUT2D eigenvalue weighted by Gasteiger charge is -2.22. The van der Waals surface area contributed by atoms with Crippen molar-refractivity contribution in [2.45, 2.75) is 15.4 Å². The first-order valence-electron chi connectivity index (χ1n) is 4.54. The molecule has 3 nitrogen and oxygen atoms in total. The summed E-state index contributed by atoms with van der Waals surface area (Å²) in [5.41, 5.74) is 0. The molecule has 0 aliphatic rings. The number of methoxy groups -OCH3 is 1. The van der Waals surface area contributed by atoms with E-state index in [1.165, 1.54) is 19.2 Å². The van der Waals surface area contributed by atoms with Gasteiger partial charge in [-0.2, -0.15) is 26.0 Å². The van der Waals surface area contributed by atoms with E-state index in [0.717, 1.165) is 12.1 Å². The van der Waals surface area contributed by atoms with E-state index in [9.17, 15) is 29.9 Å². The van der Waals surface area contributed by atoms with Crippen LogP contribution in [0.3, 0.4) is 0 Å². The zero-order valence-corrected chi connectivity index (χ0v) is 10.9. The summed E-state index contributed by atoms with van der Waals surface area (Å²) < 4.78 is 88.9. The molecule has 10 heteroatoms. The predicted octanol–water partition coefficient (Wildman–Crippen LogP) is 3.27. The van der Waals surface area contributed by atoms with E-state index < -0.39 is 32.5 Å². The molecule has 0 aliphatic heterocycles. The number of hydrogen-bond donors (Lipinski definition) is 0. The first-order valence-corrected chi connectivity index (χ1v) is 6.74. The molecule has 0 atom stereocenters. The Morgan fingerprint density at radius 3 is 1.95 bits per heavy atom. The van der Waals surface area contributed by atoms with E-state index in [-0.39, 0.29) is 10.6 Å². The lowest BCUT2D eigenvalue weighted by Crippen LogP contribution is -2.42. The van der Waals surface area contributed by atoms with Crippen molar-refractivity contribution in [1.29, 1.82) is 0 Å². The fourth-order valence-electron chi connectivity index (χ4n) is 0.993. The Kier molecular flexibility index (Phi) is 4.35. The summed E-state index contributed by atoms with van der Waals surface area (Å²) in [4.78, 5) is -0.367. The van der Waals surface area contributed by atoms with Crippen molar-refractivity contribution in [1.82, 2.24) is 0 Å². The summed E-state index contributed by atoms with van der Waals surface area (Å²) in [5, 5.41) is -11.0. The number of rotatable bonds is 5. The van der Waals surface area contributed by atoms with Gasteiger partial charge in [-0.15, -0.1) is 0 Å². The van der Waals surface area contributed by atoms with Crippen LogP contribution in [0.5, 0.6) is 5.75 Å². The van der Waals surface area contributed by atoms with Crippen LogP contribution in [0.15, 0.2) is 29.2 Å². The molecule has 0 aromatic heterocycles. The van der Waals surface area contributed by atoms with Gasteiger partial charge in [0, 0.05) is 4.90 Å². The van der Waals surface area contributed by atoms with Crippen molar-refractivity contribution in [2.24, 2.45) is 0 Å². The minimum absolute atomic E-state index is 0.289. The minimum Gasteiger partial charge on any atom is -0.497 e. The first kappa shape index (κ1) is 16.0. The molecule has 0 saturated heterocycles. The highest BCUT2D eigenvalue weighted by atomic mass is 32.3. The number of halogens is 5. The highest BCUT2D eigenvalue weighted by molar-refractivity contribution is 8.01. The molecule has 0 amide bonds. The molecule has 0 N–H and O–H groups in total. The Morgan fingerprint density at radius 2 is 1.58 bits per heavy atom. The summed E-state index contributed by atoms with van der Waals surface area (Å²) in [6, 6.07) is 4.44. The van der Waals surface area contributed by atoms with Crippen LogP contribution in [-0.2, 0) is 10.2 Å². The second-order valence-electron chi connectivity index (χ2n) is 3.25. The second kappa shape index (κ2) is 5.16. The Morgan fingerprint density at radius 1 is 1.11 bits per heavy atom. The van der Waals surface area contributed by atoms with E-state index in [4.69, 9.17) is 4.74 Å². The second-order valence-corrected chi connectivity index (χ2v) is 5.83. The van der Waals surface area contributed by atoms with Gasteiger partial charge in [0.1, 0.15) is 5.75 Å². The third kappa shape index (κ3) is 3.30. The monoisotopic (exact) mass is 322 g/mol. The number of alkyl halides is 4. The van der Waals surface area contributed by atoms with Gasteiger partial charge in [-0.25, -0.2) is 0 Å². The van der Waals surface area contributed by atoms with Gasteiger partial charge in [0.2, 0.25) is 0 Å². The molecule has 0 spiro atoms. The molecule has 0 fully saturated rings. The number of thioether (sulfide) groups is 1. The minimum atomic E-state index is -6.72. The molecule has 108 valence electrons. The average molecular weight is 322 g/mol. The third-order valence-electron chi connectivity index (χ3n) is 1.95. The predicted molar refractivity (Wildman–Crippen MR) is 58.8 cm³/mol. The van der Waals surface area contributed by atoms with Crippen molar-refractivity contribution in [3.63, 3.8) is 0 Å². The maximum Gasteiger partial charge on any atom is 0.446 e. The summed E-state index contributed by atoms with van der Waals surface area (Å²) in [5.74, 6) is 0.289. The maximum absolute atomic E-state index is 13.1. The molecular weight excluding hydrogens is 315 g/mol. The normalized spacial score (nSPS) is 13.4. The fourth-order valence-corrected chi connectivity index (χ4v) is 2.39. The molecule has 0 bridgehead atoms. The quantitative estimate of drug-likeness (QED) is 0.474. The highest BCUT2D eigenvalue weighted by Crippen LogP contribution is 2.49. The average Bonchev–Trinajstić information content (AvgIpc) is 2.28. The first-order chi connectivity index (χ1) is 8.51. The van der Waals surface area contributed by atoms with Crippen LogP contribution in [0.2, 0.25) is 0 Å². The van der Waals surface area contributed by atoms with Gasteiger partial charge >= 0.3 is 20.7 Å². The summed E-state index contributed by atoms with van der Waals surface area (Å²) in [6.45, 7) is 0. The molecule has 0 radical (unpaired) electrons. The van der Waals surface area contributed by atoms with E-state index in [1.54, 1.807) is 0 Å². The Labute approximate surface area is 110 Å². The van der Waals surface area contributed by atoms with Crippen LogP contribution in [-0.4, -0.2) is 26.0 Å². The number of benzene rings is 1. The molecule has 1 rings (SSSR count). The lowest BCUT2D eigenvalue weighted by atomic mass is 10.3. The van der Waals surface area contributed by atoms with Crippen LogP contribution in [0.25, 0.3) is 0 Å². The number of hydrogen-bond acceptors (Lipinski definition) is 4. The summed E-state index contributed by atoms with van der Waals surface area (Å²) in [6.07, 6.45) is 0. The van der Waals surface area contributed by atoms with Gasteiger partial charge in [0.15, 0.2) is 0 Å². The summed E-state index contributed by atoms with van der Waals surface area (Å²) >= 11 is -0.759. The van der Waals surface area contributed by atoms with Crippen LogP contribution in [0.1, 0.15) is 0 Å². The van der Waals surface area contributed by atoms with Gasteiger partial charge in [-0.1, -0.05) is 3.89 Å². The Balaban J connectivity index is 3.02. The molecule has 0 aliphatic carbocycles. The van der Waals surface area contributed by atoms with Crippen LogP contribution < -0.4 is 4.74 Å². The Bertz CT molecular complexity index is 541. The zero-order valence-electron chi connectivity index (χ0n) is 9.24. The van der Waals surface area contributed by atoms with E-state index in [0.29, 0.717) is 0 Å². The van der Waals surface area contributed by atoms with Gasteiger partial charge in [0.25, 0.3) is 0 Å². The molecule has 0 saturated carbocycles. The molecule has 1 aromatic rings. The molecule has 19 heavy (non-hydrogen) atoms. The standard InChI is InChI=1S/C9H7F5O3S2/c1-17-6-2-4-7(5-3-6)18-8(10,11)9(12,13)19(14,15)16/h2-5H,1H3. The van der Waals surface area contributed by atoms with Gasteiger partial charge in [-0.05, 0) is 36.0 Å². The van der Waals surface area contributed by atoms with Crippen LogP contribution in [0.4, 0.5) is 21.4 Å². The van der Waals surface area contributed by atoms with E-state index >= 15 is 0 Å². The summed E-state index contributed by atoms with van der Waals surface area (Å²) in [7, 11) is -5.42. The van der Waals surface area contributed by atoms with Crippen LogP contribution in [0, 0.1) is 0 Å². The topological polar surface area (TPSA) is 43.4 Å². The number of ether oxygens (including phenoxy) is 1. The van der Waals surface area contributed by atoms with Crippen molar-refractivity contribution in [3.05, 3.63) is 24.3 Å². The van der Waals surface area contributed by atoms with Crippen molar-refractivity contribution < 1.29 is 34.6 Å². The molecule has 0 unspecified atom stereocenters. The van der Waals surface area contributed by atoms with Crippen molar-refractivity contribution >= 4 is 22.0 Å². The highest BCUT2D eigenvalue weighted by Gasteiger charge is 2.67. The smallest absolute Gasteiger partial charge is 0.446 e. The van der Waals surface area contributed by atoms with Crippen molar-refractivity contribution in [3.8, 4) is 5.75 Å². The van der Waals surface area contributed by atoms with E-state index in [1.807, 2.05) is 0 Å². The third-order valence-corrected chi connectivity index (χ3v) is 3.97. The fraction of sp³-hybridized carbons (Fsp3) is 0.333. The molecular formula is C9H7F5O3S2. The molecule has 0 heterocycles. The maximum atomic E-state index is 13.1. The lowest BCUT2D eigenvalue weighted by molar-refractivity contribution is -0.0927. The zero-order chi connectivity index (χ0) is 14.9. The van der Waals surface area contributed by atoms with Crippen molar-refractivity contribution in [2.75, 3.05) is 7.11 Å². The molecule has 1 aromatic carbocycles. The largest absolute Gasteiger partial charge is 0.497 e. The van der Waals surface area contributed by atoms with Crippen LogP contribution >= 0.6 is 11.8 Å². The van der Waals surface area contributed by atoms with Gasteiger partial charge in [-0.3, -0.25) is 0 Å².